The summed E-state index contributed by atoms with van der Waals surface area (Å²) in [5.74, 6) is -0.988. The molecule has 0 aromatic heterocycles. The molecule has 0 unspecified atom stereocenters. The van der Waals surface area contributed by atoms with E-state index in [-0.39, 0.29) is 5.56 Å². The molecule has 0 saturated heterocycles. The van der Waals surface area contributed by atoms with Gasteiger partial charge in [0.15, 0.2) is 0 Å². The zero-order valence-corrected chi connectivity index (χ0v) is 12.5. The fourth-order valence-corrected chi connectivity index (χ4v) is 2.03. The fraction of sp³-hybridized carbons (Fsp3) is 0.533. The highest BCUT2D eigenvalue weighted by molar-refractivity contribution is 5.93. The predicted molar refractivity (Wildman–Crippen MR) is 80.2 cm³/mol. The number of rotatable bonds is 5. The van der Waals surface area contributed by atoms with Gasteiger partial charge in [0, 0.05) is 5.69 Å². The van der Waals surface area contributed by atoms with E-state index < -0.39 is 5.97 Å². The lowest BCUT2D eigenvalue weighted by Crippen LogP contribution is -2.47. The van der Waals surface area contributed by atoms with Crippen molar-refractivity contribution in [3.8, 4) is 0 Å². The minimum absolute atomic E-state index is 0.155. The van der Waals surface area contributed by atoms with Crippen molar-refractivity contribution in [2.75, 3.05) is 31.9 Å². The Morgan fingerprint density at radius 1 is 1.05 bits per heavy atom. The van der Waals surface area contributed by atoms with Crippen molar-refractivity contribution >= 4 is 11.7 Å². The molecular formula is C15H27N2O2+. The lowest BCUT2D eigenvalue weighted by atomic mass is 10.2. The SMILES string of the molecule is CC[N+](CC)(CC)CC.Nc1ccccc1C(=O)O. The Balaban J connectivity index is 0.000000344. The van der Waals surface area contributed by atoms with Gasteiger partial charge in [-0.05, 0) is 39.8 Å². The number of benzene rings is 1. The first-order valence-electron chi connectivity index (χ1n) is 6.89. The van der Waals surface area contributed by atoms with E-state index in [0.29, 0.717) is 5.69 Å². The van der Waals surface area contributed by atoms with Crippen LogP contribution in [-0.2, 0) is 0 Å². The van der Waals surface area contributed by atoms with Crippen LogP contribution in [0.5, 0.6) is 0 Å². The van der Waals surface area contributed by atoms with Crippen LogP contribution in [0.3, 0.4) is 0 Å². The molecule has 4 nitrogen and oxygen atoms in total. The van der Waals surface area contributed by atoms with E-state index in [1.54, 1.807) is 18.2 Å². The second kappa shape index (κ2) is 8.53. The molecule has 1 aromatic rings. The van der Waals surface area contributed by atoms with Crippen LogP contribution in [-0.4, -0.2) is 41.7 Å². The largest absolute Gasteiger partial charge is 0.478 e. The van der Waals surface area contributed by atoms with Crippen LogP contribution in [0.4, 0.5) is 5.69 Å². The molecule has 1 rings (SSSR count). The fourth-order valence-electron chi connectivity index (χ4n) is 2.03. The molecule has 19 heavy (non-hydrogen) atoms. The third-order valence-corrected chi connectivity index (χ3v) is 3.87. The summed E-state index contributed by atoms with van der Waals surface area (Å²) >= 11 is 0. The molecule has 0 aliphatic heterocycles. The molecule has 0 heterocycles. The number of quaternary nitrogens is 1. The summed E-state index contributed by atoms with van der Waals surface area (Å²) in [4.78, 5) is 10.3. The molecule has 0 atom stereocenters. The molecule has 0 bridgehead atoms. The summed E-state index contributed by atoms with van der Waals surface area (Å²) in [5.41, 5.74) is 5.80. The van der Waals surface area contributed by atoms with Crippen molar-refractivity contribution in [1.82, 2.24) is 0 Å². The summed E-state index contributed by atoms with van der Waals surface area (Å²) in [6.07, 6.45) is 0. The van der Waals surface area contributed by atoms with Gasteiger partial charge in [-0.2, -0.15) is 0 Å². The molecule has 0 radical (unpaired) electrons. The average Bonchev–Trinajstić information content (AvgIpc) is 2.43. The Morgan fingerprint density at radius 2 is 1.47 bits per heavy atom. The maximum Gasteiger partial charge on any atom is 0.337 e. The van der Waals surface area contributed by atoms with Crippen LogP contribution in [0.1, 0.15) is 38.1 Å². The van der Waals surface area contributed by atoms with E-state index in [0.717, 1.165) is 0 Å². The van der Waals surface area contributed by atoms with Crippen molar-refractivity contribution in [2.24, 2.45) is 0 Å². The van der Waals surface area contributed by atoms with Gasteiger partial charge in [0.1, 0.15) is 0 Å². The molecule has 0 aliphatic carbocycles. The van der Waals surface area contributed by atoms with Crippen molar-refractivity contribution in [2.45, 2.75) is 27.7 Å². The third kappa shape index (κ3) is 5.30. The average molecular weight is 267 g/mol. The Morgan fingerprint density at radius 3 is 1.68 bits per heavy atom. The van der Waals surface area contributed by atoms with E-state index in [4.69, 9.17) is 10.8 Å². The predicted octanol–water partition coefficient (Wildman–Crippen LogP) is 2.85. The molecule has 3 N–H and O–H groups in total. The van der Waals surface area contributed by atoms with Gasteiger partial charge >= 0.3 is 5.97 Å². The minimum Gasteiger partial charge on any atom is -0.478 e. The highest BCUT2D eigenvalue weighted by Gasteiger charge is 2.16. The van der Waals surface area contributed by atoms with E-state index in [1.807, 2.05) is 0 Å². The molecule has 0 saturated carbocycles. The van der Waals surface area contributed by atoms with Crippen LogP contribution in [0.2, 0.25) is 0 Å². The van der Waals surface area contributed by atoms with E-state index in [9.17, 15) is 4.79 Å². The smallest absolute Gasteiger partial charge is 0.337 e. The van der Waals surface area contributed by atoms with Gasteiger partial charge in [0.25, 0.3) is 0 Å². The van der Waals surface area contributed by atoms with Gasteiger partial charge in [0.2, 0.25) is 0 Å². The van der Waals surface area contributed by atoms with Crippen LogP contribution in [0.25, 0.3) is 0 Å². The van der Waals surface area contributed by atoms with Gasteiger partial charge in [-0.3, -0.25) is 0 Å². The lowest BCUT2D eigenvalue weighted by molar-refractivity contribution is -0.921. The number of nitrogens with two attached hydrogens (primary N) is 1. The standard InChI is InChI=1S/C8H20N.C7H7NO2/c1-5-9(6-2,7-3)8-4;8-6-4-2-1-3-5(6)7(9)10/h5-8H2,1-4H3;1-4H,8H2,(H,9,10)/q+1;. The summed E-state index contributed by atoms with van der Waals surface area (Å²) in [6, 6.07) is 6.36. The first kappa shape index (κ1) is 17.4. The van der Waals surface area contributed by atoms with Gasteiger partial charge in [0.05, 0.1) is 31.7 Å². The molecule has 0 amide bonds. The number of hydrogen-bond donors (Lipinski definition) is 2. The van der Waals surface area contributed by atoms with Gasteiger partial charge < -0.3 is 15.3 Å². The van der Waals surface area contributed by atoms with Crippen molar-refractivity contribution in [1.29, 1.82) is 0 Å². The van der Waals surface area contributed by atoms with Crippen molar-refractivity contribution < 1.29 is 14.4 Å². The lowest BCUT2D eigenvalue weighted by Gasteiger charge is -2.34. The van der Waals surface area contributed by atoms with E-state index in [1.165, 1.54) is 36.7 Å². The number of anilines is 1. The van der Waals surface area contributed by atoms with Gasteiger partial charge in [-0.25, -0.2) is 4.79 Å². The normalized spacial score (nSPS) is 10.5. The van der Waals surface area contributed by atoms with Gasteiger partial charge in [-0.1, -0.05) is 12.1 Å². The van der Waals surface area contributed by atoms with Gasteiger partial charge in [-0.15, -0.1) is 0 Å². The third-order valence-electron chi connectivity index (χ3n) is 3.87. The highest BCUT2D eigenvalue weighted by Crippen LogP contribution is 2.09. The second-order valence-electron chi connectivity index (χ2n) is 4.50. The number of nitrogens with zero attached hydrogens (tertiary/aromatic N) is 1. The first-order valence-corrected chi connectivity index (χ1v) is 6.89. The Labute approximate surface area is 116 Å². The monoisotopic (exact) mass is 267 g/mol. The summed E-state index contributed by atoms with van der Waals surface area (Å²) in [5, 5.41) is 8.49. The zero-order chi connectivity index (χ0) is 14.9. The molecule has 4 heteroatoms. The molecule has 0 fully saturated rings. The summed E-state index contributed by atoms with van der Waals surface area (Å²) < 4.78 is 1.28. The number of carboxylic acid groups (broad SMARTS) is 1. The second-order valence-corrected chi connectivity index (χ2v) is 4.50. The first-order chi connectivity index (χ1) is 8.96. The van der Waals surface area contributed by atoms with Crippen LogP contribution >= 0.6 is 0 Å². The molecular weight excluding hydrogens is 240 g/mol. The van der Waals surface area contributed by atoms with E-state index in [2.05, 4.69) is 27.7 Å². The molecule has 108 valence electrons. The molecule has 0 aliphatic rings. The highest BCUT2D eigenvalue weighted by atomic mass is 16.4. The number of carbonyl (C=O) groups is 1. The minimum atomic E-state index is -0.988. The Hall–Kier alpha value is -1.55. The summed E-state index contributed by atoms with van der Waals surface area (Å²) in [6.45, 7) is 14.2. The number of aromatic carboxylic acids is 1. The van der Waals surface area contributed by atoms with Crippen LogP contribution in [0, 0.1) is 0 Å². The van der Waals surface area contributed by atoms with E-state index >= 15 is 0 Å². The van der Waals surface area contributed by atoms with Crippen LogP contribution < -0.4 is 5.73 Å². The quantitative estimate of drug-likeness (QED) is 0.637. The molecule has 0 spiro atoms. The number of hydrogen-bond acceptors (Lipinski definition) is 2. The van der Waals surface area contributed by atoms with Crippen LogP contribution in [0.15, 0.2) is 24.3 Å². The maximum absolute atomic E-state index is 10.3. The number of nitrogen functional groups attached to an aromatic ring is 1. The molecule has 1 aromatic carbocycles. The van der Waals surface area contributed by atoms with Crippen molar-refractivity contribution in [3.63, 3.8) is 0 Å². The summed E-state index contributed by atoms with van der Waals surface area (Å²) in [7, 11) is 0. The maximum atomic E-state index is 10.3. The zero-order valence-electron chi connectivity index (χ0n) is 12.5. The van der Waals surface area contributed by atoms with Crippen molar-refractivity contribution in [3.05, 3.63) is 29.8 Å². The number of para-hydroxylation sites is 1. The Kier molecular flexibility index (Phi) is 7.84. The number of carboxylic acids is 1. The topological polar surface area (TPSA) is 63.3 Å². The Bertz CT molecular complexity index is 370.